The average molecular weight is 273 g/mol. The topological polar surface area (TPSA) is 83.9 Å². The monoisotopic (exact) mass is 273 g/mol. The van der Waals surface area contributed by atoms with Crippen molar-refractivity contribution >= 4 is 21.7 Å². The Morgan fingerprint density at radius 1 is 1.39 bits per heavy atom. The first-order valence-electron chi connectivity index (χ1n) is 5.16. The van der Waals surface area contributed by atoms with Gasteiger partial charge in [0.15, 0.2) is 5.25 Å². The van der Waals surface area contributed by atoms with Gasteiger partial charge in [0.1, 0.15) is 5.75 Å². The van der Waals surface area contributed by atoms with E-state index < -0.39 is 21.2 Å². The Morgan fingerprint density at radius 3 is 2.44 bits per heavy atom. The van der Waals surface area contributed by atoms with Crippen molar-refractivity contribution in [2.45, 2.75) is 12.2 Å². The summed E-state index contributed by atoms with van der Waals surface area (Å²) in [6, 6.07) is 6.50. The van der Waals surface area contributed by atoms with Crippen molar-refractivity contribution < 1.29 is 23.1 Å². The van der Waals surface area contributed by atoms with Gasteiger partial charge in [-0.15, -0.1) is 0 Å². The predicted molar refractivity (Wildman–Crippen MR) is 67.4 cm³/mol. The number of benzene rings is 1. The van der Waals surface area contributed by atoms with Crippen LogP contribution in [0.5, 0.6) is 5.75 Å². The third-order valence-corrected chi connectivity index (χ3v) is 4.66. The quantitative estimate of drug-likeness (QED) is 0.863. The molecule has 1 unspecified atom stereocenters. The Bertz CT molecular complexity index is 540. The molecular weight excluding hydrogens is 258 g/mol. The Labute approximate surface area is 106 Å². The minimum Gasteiger partial charge on any atom is -0.495 e. The van der Waals surface area contributed by atoms with Crippen molar-refractivity contribution in [3.05, 3.63) is 24.3 Å². The Kier molecular flexibility index (Phi) is 4.18. The molecule has 0 heterocycles. The van der Waals surface area contributed by atoms with Crippen LogP contribution in [0, 0.1) is 0 Å². The maximum atomic E-state index is 12.0. The fourth-order valence-electron chi connectivity index (χ4n) is 1.39. The molecule has 0 aromatic heterocycles. The molecule has 100 valence electrons. The Balaban J connectivity index is 3.22. The SMILES string of the molecule is COc1ccccc1N(C)S(=O)(=O)C(C)C(=O)O. The van der Waals surface area contributed by atoms with E-state index in [4.69, 9.17) is 9.84 Å². The van der Waals surface area contributed by atoms with E-state index in [0.717, 1.165) is 11.2 Å². The first kappa shape index (κ1) is 14.3. The fraction of sp³-hybridized carbons (Fsp3) is 0.364. The smallest absolute Gasteiger partial charge is 0.323 e. The molecule has 1 N–H and O–H groups in total. The number of hydrogen-bond acceptors (Lipinski definition) is 4. The highest BCUT2D eigenvalue weighted by Gasteiger charge is 2.32. The van der Waals surface area contributed by atoms with Gasteiger partial charge in [0.05, 0.1) is 12.8 Å². The summed E-state index contributed by atoms with van der Waals surface area (Å²) in [7, 11) is -1.26. The number of rotatable bonds is 5. The molecule has 18 heavy (non-hydrogen) atoms. The molecule has 1 rings (SSSR count). The van der Waals surface area contributed by atoms with Gasteiger partial charge in [0.2, 0.25) is 10.0 Å². The minimum atomic E-state index is -3.97. The highest BCUT2D eigenvalue weighted by Crippen LogP contribution is 2.29. The summed E-state index contributed by atoms with van der Waals surface area (Å²) in [5.41, 5.74) is 0.299. The van der Waals surface area contributed by atoms with Crippen molar-refractivity contribution in [2.24, 2.45) is 0 Å². The van der Waals surface area contributed by atoms with Crippen LogP contribution >= 0.6 is 0 Å². The number of carboxylic acids is 1. The number of hydrogen-bond donors (Lipinski definition) is 1. The lowest BCUT2D eigenvalue weighted by atomic mass is 10.3. The summed E-state index contributed by atoms with van der Waals surface area (Å²) < 4.78 is 30.0. The van der Waals surface area contributed by atoms with E-state index in [1.807, 2.05) is 0 Å². The lowest BCUT2D eigenvalue weighted by Crippen LogP contribution is -2.39. The van der Waals surface area contributed by atoms with Crippen molar-refractivity contribution in [3.63, 3.8) is 0 Å². The van der Waals surface area contributed by atoms with Crippen LogP contribution in [0.2, 0.25) is 0 Å². The second-order valence-corrected chi connectivity index (χ2v) is 5.95. The minimum absolute atomic E-state index is 0.299. The molecule has 0 spiro atoms. The summed E-state index contributed by atoms with van der Waals surface area (Å²) in [5.74, 6) is -1.03. The van der Waals surface area contributed by atoms with E-state index in [9.17, 15) is 13.2 Å². The van der Waals surface area contributed by atoms with E-state index in [1.54, 1.807) is 24.3 Å². The van der Waals surface area contributed by atoms with Gasteiger partial charge in [-0.1, -0.05) is 12.1 Å². The summed E-state index contributed by atoms with van der Waals surface area (Å²) >= 11 is 0. The molecule has 7 heteroatoms. The number of aliphatic carboxylic acids is 1. The van der Waals surface area contributed by atoms with Crippen LogP contribution in [0.4, 0.5) is 5.69 Å². The standard InChI is InChI=1S/C11H15NO5S/c1-8(11(13)14)18(15,16)12(2)9-6-4-5-7-10(9)17-3/h4-8H,1-3H3,(H,13,14). The number of anilines is 1. The molecule has 0 aliphatic rings. The lowest BCUT2D eigenvalue weighted by molar-refractivity contribution is -0.136. The van der Waals surface area contributed by atoms with Crippen molar-refractivity contribution in [1.29, 1.82) is 0 Å². The van der Waals surface area contributed by atoms with Crippen LogP contribution in [0.1, 0.15) is 6.92 Å². The molecule has 1 aromatic carbocycles. The number of sulfonamides is 1. The van der Waals surface area contributed by atoms with E-state index in [0.29, 0.717) is 11.4 Å². The fourth-order valence-corrected chi connectivity index (χ4v) is 2.55. The maximum Gasteiger partial charge on any atom is 0.323 e. The van der Waals surface area contributed by atoms with Gasteiger partial charge in [0.25, 0.3) is 0 Å². The Hall–Kier alpha value is -1.76. The molecule has 0 radical (unpaired) electrons. The zero-order chi connectivity index (χ0) is 13.9. The van der Waals surface area contributed by atoms with Crippen molar-refractivity contribution in [2.75, 3.05) is 18.5 Å². The largest absolute Gasteiger partial charge is 0.495 e. The maximum absolute atomic E-state index is 12.0. The van der Waals surface area contributed by atoms with E-state index in [-0.39, 0.29) is 0 Å². The van der Waals surface area contributed by atoms with Crippen molar-refractivity contribution in [1.82, 2.24) is 0 Å². The van der Waals surface area contributed by atoms with Gasteiger partial charge in [-0.25, -0.2) is 8.42 Å². The number of carbonyl (C=O) groups is 1. The number of methoxy groups -OCH3 is 1. The molecule has 0 saturated carbocycles. The van der Waals surface area contributed by atoms with Gasteiger partial charge in [0, 0.05) is 7.05 Å². The van der Waals surface area contributed by atoms with E-state index >= 15 is 0 Å². The molecule has 1 atom stereocenters. The summed E-state index contributed by atoms with van der Waals surface area (Å²) in [5, 5.41) is 7.28. The van der Waals surface area contributed by atoms with E-state index in [1.165, 1.54) is 14.2 Å². The third-order valence-electron chi connectivity index (χ3n) is 2.60. The van der Waals surface area contributed by atoms with Gasteiger partial charge < -0.3 is 9.84 Å². The second-order valence-electron chi connectivity index (χ2n) is 3.66. The first-order valence-corrected chi connectivity index (χ1v) is 6.66. The van der Waals surface area contributed by atoms with Gasteiger partial charge in [-0.3, -0.25) is 9.10 Å². The van der Waals surface area contributed by atoms with Gasteiger partial charge >= 0.3 is 5.97 Å². The zero-order valence-corrected chi connectivity index (χ0v) is 11.1. The first-order chi connectivity index (χ1) is 8.32. The third kappa shape index (κ3) is 2.56. The predicted octanol–water partition coefficient (Wildman–Crippen LogP) is 0.934. The second kappa shape index (κ2) is 5.26. The lowest BCUT2D eigenvalue weighted by Gasteiger charge is -2.23. The number of nitrogens with zero attached hydrogens (tertiary/aromatic N) is 1. The highest BCUT2D eigenvalue weighted by molar-refractivity contribution is 7.94. The molecule has 0 amide bonds. The summed E-state index contributed by atoms with van der Waals surface area (Å²) in [6.45, 7) is 1.13. The van der Waals surface area contributed by atoms with Crippen LogP contribution in [-0.2, 0) is 14.8 Å². The van der Waals surface area contributed by atoms with Gasteiger partial charge in [-0.2, -0.15) is 0 Å². The molecule has 1 aromatic rings. The van der Waals surface area contributed by atoms with Crippen LogP contribution < -0.4 is 9.04 Å². The zero-order valence-electron chi connectivity index (χ0n) is 10.3. The molecule has 0 bridgehead atoms. The molecule has 0 aliphatic heterocycles. The number of carboxylic acid groups (broad SMARTS) is 1. The van der Waals surface area contributed by atoms with Crippen molar-refractivity contribution in [3.8, 4) is 5.75 Å². The number of ether oxygens (including phenoxy) is 1. The average Bonchev–Trinajstić information content (AvgIpc) is 2.36. The van der Waals surface area contributed by atoms with Crippen LogP contribution in [0.3, 0.4) is 0 Å². The van der Waals surface area contributed by atoms with Crippen LogP contribution in [-0.4, -0.2) is 38.9 Å². The normalized spacial score (nSPS) is 12.8. The van der Waals surface area contributed by atoms with Crippen LogP contribution in [0.15, 0.2) is 24.3 Å². The molecule has 6 nitrogen and oxygen atoms in total. The molecular formula is C11H15NO5S. The van der Waals surface area contributed by atoms with Crippen LogP contribution in [0.25, 0.3) is 0 Å². The van der Waals surface area contributed by atoms with Gasteiger partial charge in [-0.05, 0) is 19.1 Å². The van der Waals surface area contributed by atoms with E-state index in [2.05, 4.69) is 0 Å². The molecule has 0 aliphatic carbocycles. The highest BCUT2D eigenvalue weighted by atomic mass is 32.2. The molecule has 0 saturated heterocycles. The summed E-state index contributed by atoms with van der Waals surface area (Å²) in [6.07, 6.45) is 0. The summed E-state index contributed by atoms with van der Waals surface area (Å²) in [4.78, 5) is 10.8. The number of para-hydroxylation sites is 2. The molecule has 0 fully saturated rings. The Morgan fingerprint density at radius 2 is 1.94 bits per heavy atom.